The van der Waals surface area contributed by atoms with Crippen LogP contribution in [0, 0.1) is 11.3 Å². The van der Waals surface area contributed by atoms with Gasteiger partial charge in [0.25, 0.3) is 0 Å². The maximum Gasteiger partial charge on any atom is 0.420 e. The molecule has 0 atom stereocenters. The number of Topliss-reactive ketones (excluding diaryl/α,β-unsaturated/α-hetero) is 1. The lowest BCUT2D eigenvalue weighted by atomic mass is 10.00. The van der Waals surface area contributed by atoms with E-state index in [1.54, 1.807) is 0 Å². The van der Waals surface area contributed by atoms with Crippen molar-refractivity contribution in [1.29, 1.82) is 5.26 Å². The smallest absolute Gasteiger partial charge is 0.420 e. The summed E-state index contributed by atoms with van der Waals surface area (Å²) < 4.78 is 37.2. The van der Waals surface area contributed by atoms with Crippen LogP contribution in [0.1, 0.15) is 21.5 Å². The van der Waals surface area contributed by atoms with Gasteiger partial charge in [-0.3, -0.25) is 4.79 Å². The van der Waals surface area contributed by atoms with Crippen LogP contribution in [-0.2, 0) is 6.18 Å². The molecule has 0 aliphatic rings. The Hall–Kier alpha value is -1.74. The second-order valence-electron chi connectivity index (χ2n) is 3.05. The fourth-order valence-electron chi connectivity index (χ4n) is 1.24. The third-order valence-electron chi connectivity index (χ3n) is 2.02. The van der Waals surface area contributed by atoms with E-state index in [1.165, 1.54) is 6.07 Å². The van der Waals surface area contributed by atoms with Gasteiger partial charge in [0.15, 0.2) is 5.78 Å². The molecule has 17 heavy (non-hydrogen) atoms. The largest absolute Gasteiger partial charge is 0.506 e. The Balaban J connectivity index is 3.50. The summed E-state index contributed by atoms with van der Waals surface area (Å²) in [6.07, 6.45) is -4.79. The number of carbonyl (C=O) groups is 1. The minimum absolute atomic E-state index is 0.326. The molecule has 0 heterocycles. The van der Waals surface area contributed by atoms with Gasteiger partial charge in [0.05, 0.1) is 11.4 Å². The molecular weight excluding hydrogens is 259 g/mol. The number of nitriles is 1. The third-order valence-corrected chi connectivity index (χ3v) is 2.26. The van der Waals surface area contributed by atoms with Crippen molar-refractivity contribution in [2.75, 3.05) is 5.88 Å². The van der Waals surface area contributed by atoms with E-state index >= 15 is 0 Å². The lowest BCUT2D eigenvalue weighted by molar-refractivity contribution is -0.138. The summed E-state index contributed by atoms with van der Waals surface area (Å²) in [6, 6.07) is 2.72. The molecule has 0 saturated carbocycles. The van der Waals surface area contributed by atoms with E-state index in [-0.39, 0.29) is 5.56 Å². The van der Waals surface area contributed by atoms with Crippen LogP contribution >= 0.6 is 11.6 Å². The summed E-state index contributed by atoms with van der Waals surface area (Å²) in [7, 11) is 0. The van der Waals surface area contributed by atoms with Crippen molar-refractivity contribution < 1.29 is 23.1 Å². The number of phenolic OH excluding ortho intramolecular Hbond substituents is 1. The molecule has 0 aliphatic carbocycles. The highest BCUT2D eigenvalue weighted by molar-refractivity contribution is 6.30. The Bertz CT molecular complexity index is 505. The average molecular weight is 264 g/mol. The Morgan fingerprint density at radius 1 is 1.47 bits per heavy atom. The van der Waals surface area contributed by atoms with E-state index in [0.29, 0.717) is 6.07 Å². The number of halogens is 4. The van der Waals surface area contributed by atoms with Crippen LogP contribution in [0.2, 0.25) is 0 Å². The van der Waals surface area contributed by atoms with Gasteiger partial charge in [-0.15, -0.1) is 11.6 Å². The average Bonchev–Trinajstić information content (AvgIpc) is 2.25. The standard InChI is InChI=1S/C10H5ClF3NO2/c11-3-8(16)5-1-2-7(10(12,13)14)9(17)6(5)4-15/h1-2,17H,3H2. The number of aromatic hydroxyl groups is 1. The third kappa shape index (κ3) is 2.50. The molecule has 0 spiro atoms. The molecule has 90 valence electrons. The number of hydrogen-bond acceptors (Lipinski definition) is 3. The molecule has 0 unspecified atom stereocenters. The number of alkyl halides is 4. The number of nitrogens with zero attached hydrogens (tertiary/aromatic N) is 1. The molecule has 0 bridgehead atoms. The normalized spacial score (nSPS) is 11.0. The van der Waals surface area contributed by atoms with Crippen LogP contribution < -0.4 is 0 Å². The Morgan fingerprint density at radius 3 is 2.47 bits per heavy atom. The van der Waals surface area contributed by atoms with Crippen LogP contribution in [0.15, 0.2) is 12.1 Å². The molecule has 0 fully saturated rings. The van der Waals surface area contributed by atoms with Gasteiger partial charge in [0.1, 0.15) is 17.4 Å². The van der Waals surface area contributed by atoms with Gasteiger partial charge in [-0.2, -0.15) is 18.4 Å². The predicted molar refractivity (Wildman–Crippen MR) is 52.9 cm³/mol. The van der Waals surface area contributed by atoms with Gasteiger partial charge >= 0.3 is 6.18 Å². The van der Waals surface area contributed by atoms with E-state index in [4.69, 9.17) is 16.9 Å². The van der Waals surface area contributed by atoms with Gasteiger partial charge in [-0.05, 0) is 12.1 Å². The van der Waals surface area contributed by atoms with E-state index in [9.17, 15) is 23.1 Å². The van der Waals surface area contributed by atoms with E-state index in [0.717, 1.165) is 6.07 Å². The van der Waals surface area contributed by atoms with Crippen molar-refractivity contribution in [2.45, 2.75) is 6.18 Å². The fourth-order valence-corrected chi connectivity index (χ4v) is 1.38. The van der Waals surface area contributed by atoms with Gasteiger partial charge in [0.2, 0.25) is 0 Å². The maximum atomic E-state index is 12.4. The van der Waals surface area contributed by atoms with Crippen molar-refractivity contribution in [1.82, 2.24) is 0 Å². The van der Waals surface area contributed by atoms with Crippen LogP contribution in [0.25, 0.3) is 0 Å². The van der Waals surface area contributed by atoms with Gasteiger partial charge in [0, 0.05) is 5.56 Å². The van der Waals surface area contributed by atoms with Crippen LogP contribution in [0.4, 0.5) is 13.2 Å². The molecule has 7 heteroatoms. The first-order valence-corrected chi connectivity index (χ1v) is 4.78. The quantitative estimate of drug-likeness (QED) is 0.659. The molecule has 1 aromatic rings. The Labute approximate surface area is 99.0 Å². The molecule has 0 amide bonds. The number of rotatable bonds is 2. The summed E-state index contributed by atoms with van der Waals surface area (Å²) in [4.78, 5) is 11.2. The highest BCUT2D eigenvalue weighted by atomic mass is 35.5. The maximum absolute atomic E-state index is 12.4. The van der Waals surface area contributed by atoms with Crippen molar-refractivity contribution in [3.05, 3.63) is 28.8 Å². The highest BCUT2D eigenvalue weighted by Gasteiger charge is 2.36. The monoisotopic (exact) mass is 263 g/mol. The molecular formula is C10H5ClF3NO2. The number of phenols is 1. The minimum atomic E-state index is -4.79. The fraction of sp³-hybridized carbons (Fsp3) is 0.200. The molecule has 1 aromatic carbocycles. The number of hydrogen-bond donors (Lipinski definition) is 1. The lowest BCUT2D eigenvalue weighted by Gasteiger charge is -2.11. The summed E-state index contributed by atoms with van der Waals surface area (Å²) in [5.41, 5.74) is -2.40. The zero-order valence-corrected chi connectivity index (χ0v) is 8.93. The first-order chi connectivity index (χ1) is 7.82. The van der Waals surface area contributed by atoms with Gasteiger partial charge in [-0.25, -0.2) is 0 Å². The first kappa shape index (κ1) is 13.3. The summed E-state index contributed by atoms with van der Waals surface area (Å²) >= 11 is 5.23. The summed E-state index contributed by atoms with van der Waals surface area (Å²) in [5, 5.41) is 18.0. The topological polar surface area (TPSA) is 61.1 Å². The first-order valence-electron chi connectivity index (χ1n) is 4.25. The Morgan fingerprint density at radius 2 is 2.06 bits per heavy atom. The highest BCUT2D eigenvalue weighted by Crippen LogP contribution is 2.38. The Kier molecular flexibility index (Phi) is 3.63. The molecule has 0 aromatic heterocycles. The zero-order chi connectivity index (χ0) is 13.2. The molecule has 0 radical (unpaired) electrons. The van der Waals surface area contributed by atoms with E-state index in [2.05, 4.69) is 0 Å². The second-order valence-corrected chi connectivity index (χ2v) is 3.32. The number of benzene rings is 1. The molecule has 0 saturated heterocycles. The van der Waals surface area contributed by atoms with Crippen molar-refractivity contribution >= 4 is 17.4 Å². The van der Waals surface area contributed by atoms with Gasteiger partial charge < -0.3 is 5.11 Å². The predicted octanol–water partition coefficient (Wildman–Crippen LogP) is 2.70. The summed E-state index contributed by atoms with van der Waals surface area (Å²) in [5.74, 6) is -2.47. The molecule has 3 nitrogen and oxygen atoms in total. The van der Waals surface area contributed by atoms with Crippen LogP contribution in [0.3, 0.4) is 0 Å². The second kappa shape index (κ2) is 4.63. The van der Waals surface area contributed by atoms with E-state index < -0.39 is 34.7 Å². The number of carbonyl (C=O) groups excluding carboxylic acids is 1. The molecule has 0 aliphatic heterocycles. The molecule has 1 rings (SSSR count). The number of ketones is 1. The van der Waals surface area contributed by atoms with Gasteiger partial charge in [-0.1, -0.05) is 0 Å². The van der Waals surface area contributed by atoms with Crippen molar-refractivity contribution in [3.8, 4) is 11.8 Å². The zero-order valence-electron chi connectivity index (χ0n) is 8.18. The van der Waals surface area contributed by atoms with Crippen molar-refractivity contribution in [2.24, 2.45) is 0 Å². The van der Waals surface area contributed by atoms with Crippen LogP contribution in [0.5, 0.6) is 5.75 Å². The van der Waals surface area contributed by atoms with Crippen LogP contribution in [-0.4, -0.2) is 16.8 Å². The summed E-state index contributed by atoms with van der Waals surface area (Å²) in [6.45, 7) is 0. The lowest BCUT2D eigenvalue weighted by Crippen LogP contribution is -2.10. The SMILES string of the molecule is N#Cc1c(C(=O)CCl)ccc(C(F)(F)F)c1O. The van der Waals surface area contributed by atoms with Crippen molar-refractivity contribution in [3.63, 3.8) is 0 Å². The van der Waals surface area contributed by atoms with E-state index in [1.807, 2.05) is 0 Å². The minimum Gasteiger partial charge on any atom is -0.506 e. The molecule has 1 N–H and O–H groups in total.